The molecule has 1 N–H and O–H groups in total. The molecule has 0 saturated carbocycles. The lowest BCUT2D eigenvalue weighted by molar-refractivity contribution is -0.124. The molecule has 1 aliphatic rings. The quantitative estimate of drug-likeness (QED) is 0.552. The average molecular weight is 398 g/mol. The van der Waals surface area contributed by atoms with Gasteiger partial charge in [-0.05, 0) is 43.2 Å². The maximum atomic E-state index is 12.7. The van der Waals surface area contributed by atoms with Gasteiger partial charge in [0.15, 0.2) is 4.32 Å². The van der Waals surface area contributed by atoms with Crippen LogP contribution in [0.15, 0.2) is 59.5 Å². The first-order valence-corrected chi connectivity index (χ1v) is 10.2. The molecule has 1 aliphatic heterocycles. The Balaban J connectivity index is 1.68. The first-order valence-electron chi connectivity index (χ1n) is 9.02. The number of thiocarbonyl (C=S) groups is 1. The molecule has 1 amide bonds. The minimum atomic E-state index is -0.103. The standard InChI is InChI=1S/C21H23N3OS2/c1-3-23(4-2)18-12-10-16(11-13-18)14-19-20(25)24(21(26)27-19)22-15-17-8-6-5-7-9-17/h5-14,22H,3-4,15H2,1-2H3/b19-14+. The fraction of sp³-hybridized carbons (Fsp3) is 0.238. The van der Waals surface area contributed by atoms with Crippen LogP contribution < -0.4 is 10.3 Å². The number of carbonyl (C=O) groups excluding carboxylic acids is 1. The van der Waals surface area contributed by atoms with Crippen molar-refractivity contribution in [2.45, 2.75) is 20.4 Å². The van der Waals surface area contributed by atoms with Gasteiger partial charge >= 0.3 is 0 Å². The van der Waals surface area contributed by atoms with Gasteiger partial charge in [0.1, 0.15) is 0 Å². The smallest absolute Gasteiger partial charge is 0.280 e. The summed E-state index contributed by atoms with van der Waals surface area (Å²) in [6.45, 7) is 6.79. The van der Waals surface area contributed by atoms with Crippen LogP contribution in [0.2, 0.25) is 0 Å². The molecule has 1 fully saturated rings. The minimum Gasteiger partial charge on any atom is -0.372 e. The predicted molar refractivity (Wildman–Crippen MR) is 118 cm³/mol. The highest BCUT2D eigenvalue weighted by atomic mass is 32.2. The zero-order valence-corrected chi connectivity index (χ0v) is 17.1. The topological polar surface area (TPSA) is 35.6 Å². The van der Waals surface area contributed by atoms with Gasteiger partial charge in [-0.1, -0.05) is 66.4 Å². The van der Waals surface area contributed by atoms with Crippen LogP contribution in [0.3, 0.4) is 0 Å². The zero-order valence-electron chi connectivity index (χ0n) is 15.5. The number of hydrogen-bond acceptors (Lipinski definition) is 5. The lowest BCUT2D eigenvalue weighted by Crippen LogP contribution is -2.40. The van der Waals surface area contributed by atoms with Crippen molar-refractivity contribution in [3.8, 4) is 0 Å². The van der Waals surface area contributed by atoms with Crippen LogP contribution >= 0.6 is 24.0 Å². The third-order valence-corrected chi connectivity index (χ3v) is 5.70. The number of anilines is 1. The van der Waals surface area contributed by atoms with E-state index in [9.17, 15) is 4.79 Å². The molecule has 0 bridgehead atoms. The van der Waals surface area contributed by atoms with Crippen molar-refractivity contribution in [1.29, 1.82) is 0 Å². The molecule has 1 heterocycles. The molecular weight excluding hydrogens is 374 g/mol. The second kappa shape index (κ2) is 9.17. The van der Waals surface area contributed by atoms with E-state index in [1.807, 2.05) is 48.5 Å². The van der Waals surface area contributed by atoms with E-state index >= 15 is 0 Å². The van der Waals surface area contributed by atoms with Crippen molar-refractivity contribution < 1.29 is 4.79 Å². The van der Waals surface area contributed by atoms with Crippen LogP contribution in [-0.2, 0) is 11.3 Å². The minimum absolute atomic E-state index is 0.103. The van der Waals surface area contributed by atoms with Crippen LogP contribution in [-0.4, -0.2) is 28.3 Å². The molecule has 1 saturated heterocycles. The van der Waals surface area contributed by atoms with Crippen LogP contribution in [0.1, 0.15) is 25.0 Å². The molecule has 140 valence electrons. The summed E-state index contributed by atoms with van der Waals surface area (Å²) in [5, 5.41) is 1.46. The Morgan fingerprint density at radius 3 is 2.37 bits per heavy atom. The highest BCUT2D eigenvalue weighted by Crippen LogP contribution is 2.31. The second-order valence-corrected chi connectivity index (χ2v) is 7.78. The van der Waals surface area contributed by atoms with E-state index < -0.39 is 0 Å². The van der Waals surface area contributed by atoms with Gasteiger partial charge in [0, 0.05) is 25.3 Å². The summed E-state index contributed by atoms with van der Waals surface area (Å²) in [6, 6.07) is 18.2. The van der Waals surface area contributed by atoms with Gasteiger partial charge in [-0.2, -0.15) is 0 Å². The Labute approximate surface area is 170 Å². The summed E-state index contributed by atoms with van der Waals surface area (Å²) in [7, 11) is 0. The number of hydrogen-bond donors (Lipinski definition) is 1. The second-order valence-electron chi connectivity index (χ2n) is 6.10. The molecule has 2 aromatic carbocycles. The van der Waals surface area contributed by atoms with E-state index in [1.54, 1.807) is 0 Å². The normalized spacial score (nSPS) is 15.6. The van der Waals surface area contributed by atoms with Gasteiger partial charge in [0.2, 0.25) is 0 Å². The molecule has 0 spiro atoms. The zero-order chi connectivity index (χ0) is 19.2. The van der Waals surface area contributed by atoms with Gasteiger partial charge in [-0.25, -0.2) is 10.4 Å². The highest BCUT2D eigenvalue weighted by Gasteiger charge is 2.32. The van der Waals surface area contributed by atoms with Crippen LogP contribution in [0.25, 0.3) is 6.08 Å². The first kappa shape index (κ1) is 19.6. The van der Waals surface area contributed by atoms with Crippen LogP contribution in [0, 0.1) is 0 Å². The molecule has 0 unspecified atom stereocenters. The predicted octanol–water partition coefficient (Wildman–Crippen LogP) is 4.44. The fourth-order valence-corrected chi connectivity index (χ4v) is 4.11. The van der Waals surface area contributed by atoms with E-state index in [-0.39, 0.29) is 5.91 Å². The number of rotatable bonds is 7. The van der Waals surface area contributed by atoms with E-state index in [4.69, 9.17) is 12.2 Å². The third-order valence-electron chi connectivity index (χ3n) is 4.40. The van der Waals surface area contributed by atoms with E-state index in [0.717, 1.165) is 24.2 Å². The Hall–Kier alpha value is -2.15. The summed E-state index contributed by atoms with van der Waals surface area (Å²) in [6.07, 6.45) is 1.90. The summed E-state index contributed by atoms with van der Waals surface area (Å²) in [4.78, 5) is 15.6. The summed E-state index contributed by atoms with van der Waals surface area (Å²) < 4.78 is 0.530. The average Bonchev–Trinajstić information content (AvgIpc) is 2.96. The highest BCUT2D eigenvalue weighted by molar-refractivity contribution is 8.26. The van der Waals surface area contributed by atoms with Crippen molar-refractivity contribution >= 4 is 46.0 Å². The first-order chi connectivity index (χ1) is 13.1. The van der Waals surface area contributed by atoms with Crippen molar-refractivity contribution in [3.63, 3.8) is 0 Å². The van der Waals surface area contributed by atoms with Gasteiger partial charge < -0.3 is 4.90 Å². The van der Waals surface area contributed by atoms with Crippen molar-refractivity contribution in [2.75, 3.05) is 18.0 Å². The number of nitrogens with one attached hydrogen (secondary N) is 1. The number of carbonyl (C=O) groups is 1. The van der Waals surface area contributed by atoms with Gasteiger partial charge in [0.25, 0.3) is 5.91 Å². The van der Waals surface area contributed by atoms with E-state index in [2.05, 4.69) is 36.3 Å². The molecule has 27 heavy (non-hydrogen) atoms. The summed E-state index contributed by atoms with van der Waals surface area (Å²) >= 11 is 6.70. The molecule has 0 aliphatic carbocycles. The number of hydrazine groups is 1. The Morgan fingerprint density at radius 1 is 1.07 bits per heavy atom. The largest absolute Gasteiger partial charge is 0.372 e. The lowest BCUT2D eigenvalue weighted by atomic mass is 10.1. The molecule has 0 radical (unpaired) electrons. The van der Waals surface area contributed by atoms with Crippen molar-refractivity contribution in [3.05, 3.63) is 70.6 Å². The monoisotopic (exact) mass is 397 g/mol. The van der Waals surface area contributed by atoms with Crippen molar-refractivity contribution in [1.82, 2.24) is 10.4 Å². The molecule has 4 nitrogen and oxygen atoms in total. The van der Waals surface area contributed by atoms with Gasteiger partial charge in [0.05, 0.1) is 4.91 Å². The Kier molecular flexibility index (Phi) is 6.66. The summed E-state index contributed by atoms with van der Waals surface area (Å²) in [5.41, 5.74) is 6.41. The SMILES string of the molecule is CCN(CC)c1ccc(/C=C2/SC(=S)N(NCc3ccccc3)C2=O)cc1. The maximum Gasteiger partial charge on any atom is 0.280 e. The molecule has 6 heteroatoms. The molecular formula is C21H23N3OS2. The Morgan fingerprint density at radius 2 is 1.74 bits per heavy atom. The van der Waals surface area contributed by atoms with E-state index in [1.165, 1.54) is 22.5 Å². The number of thioether (sulfide) groups is 1. The van der Waals surface area contributed by atoms with Crippen LogP contribution in [0.4, 0.5) is 5.69 Å². The lowest BCUT2D eigenvalue weighted by Gasteiger charge is -2.20. The molecule has 0 aromatic heterocycles. The Bertz CT molecular complexity index is 830. The van der Waals surface area contributed by atoms with E-state index in [0.29, 0.717) is 15.8 Å². The van der Waals surface area contributed by atoms with Crippen molar-refractivity contribution in [2.24, 2.45) is 0 Å². The molecule has 0 atom stereocenters. The maximum absolute atomic E-state index is 12.7. The summed E-state index contributed by atoms with van der Waals surface area (Å²) in [5.74, 6) is -0.103. The number of amides is 1. The van der Waals surface area contributed by atoms with Gasteiger partial charge in [-0.3, -0.25) is 4.79 Å². The van der Waals surface area contributed by atoms with Gasteiger partial charge in [-0.15, -0.1) is 0 Å². The number of benzene rings is 2. The fourth-order valence-electron chi connectivity index (χ4n) is 2.89. The number of nitrogens with zero attached hydrogens (tertiary/aromatic N) is 2. The third kappa shape index (κ3) is 4.77. The molecule has 2 aromatic rings. The molecule has 3 rings (SSSR count). The van der Waals surface area contributed by atoms with Crippen LogP contribution in [0.5, 0.6) is 0 Å².